The van der Waals surface area contributed by atoms with Crippen LogP contribution in [0, 0.1) is 5.92 Å². The van der Waals surface area contributed by atoms with E-state index in [1.54, 1.807) is 36.4 Å². The van der Waals surface area contributed by atoms with Crippen molar-refractivity contribution in [1.29, 1.82) is 0 Å². The molecular weight excluding hydrogens is 318 g/mol. The Morgan fingerprint density at radius 1 is 1.20 bits per heavy atom. The standard InChI is InChI=1S/C20H21NO4/c21-14-9-10-17-18(22)8-4-3-7-16(20(23)24)15-6-2-1-5-13(15)12-25-19(17)11-14/h3-4,7-11,13H,1-2,5-6,12,21H2,(H,23,24)/b7-3-,8-4-,16-15+. The molecule has 3 rings (SSSR count). The highest BCUT2D eigenvalue weighted by atomic mass is 16.5. The van der Waals surface area contributed by atoms with E-state index >= 15 is 0 Å². The van der Waals surface area contributed by atoms with Crippen LogP contribution in [0.2, 0.25) is 0 Å². The summed E-state index contributed by atoms with van der Waals surface area (Å²) >= 11 is 0. The van der Waals surface area contributed by atoms with E-state index in [1.165, 1.54) is 6.08 Å². The van der Waals surface area contributed by atoms with Crippen LogP contribution >= 0.6 is 0 Å². The Morgan fingerprint density at radius 2 is 2.00 bits per heavy atom. The molecule has 130 valence electrons. The third kappa shape index (κ3) is 3.82. The van der Waals surface area contributed by atoms with Gasteiger partial charge in [-0.15, -0.1) is 0 Å². The summed E-state index contributed by atoms with van der Waals surface area (Å²) in [6.45, 7) is 0.341. The van der Waals surface area contributed by atoms with Gasteiger partial charge in [-0.3, -0.25) is 4.79 Å². The van der Waals surface area contributed by atoms with Gasteiger partial charge >= 0.3 is 5.97 Å². The van der Waals surface area contributed by atoms with Crippen LogP contribution < -0.4 is 10.5 Å². The predicted molar refractivity (Wildman–Crippen MR) is 95.6 cm³/mol. The molecule has 0 radical (unpaired) electrons. The summed E-state index contributed by atoms with van der Waals surface area (Å²) in [6, 6.07) is 4.98. The average molecular weight is 339 g/mol. The van der Waals surface area contributed by atoms with E-state index in [0.29, 0.717) is 29.2 Å². The second-order valence-corrected chi connectivity index (χ2v) is 6.34. The fourth-order valence-corrected chi connectivity index (χ4v) is 3.38. The zero-order valence-electron chi connectivity index (χ0n) is 13.9. The molecule has 1 fully saturated rings. The molecule has 0 aromatic heterocycles. The molecule has 1 saturated carbocycles. The second-order valence-electron chi connectivity index (χ2n) is 6.34. The number of aliphatic carboxylic acids is 1. The van der Waals surface area contributed by atoms with Gasteiger partial charge < -0.3 is 15.6 Å². The van der Waals surface area contributed by atoms with Gasteiger partial charge in [-0.05, 0) is 49.1 Å². The highest BCUT2D eigenvalue weighted by molar-refractivity contribution is 6.07. The molecule has 1 unspecified atom stereocenters. The van der Waals surface area contributed by atoms with Crippen LogP contribution in [0.4, 0.5) is 5.69 Å². The third-order valence-corrected chi connectivity index (χ3v) is 4.65. The lowest BCUT2D eigenvalue weighted by molar-refractivity contribution is -0.132. The molecule has 1 aliphatic carbocycles. The van der Waals surface area contributed by atoms with E-state index < -0.39 is 5.97 Å². The number of ketones is 1. The van der Waals surface area contributed by atoms with E-state index in [-0.39, 0.29) is 11.7 Å². The van der Waals surface area contributed by atoms with Crippen LogP contribution in [-0.4, -0.2) is 23.5 Å². The molecule has 5 nitrogen and oxygen atoms in total. The third-order valence-electron chi connectivity index (χ3n) is 4.65. The molecule has 5 heteroatoms. The molecule has 2 aliphatic rings. The van der Waals surface area contributed by atoms with Gasteiger partial charge in [-0.25, -0.2) is 4.79 Å². The van der Waals surface area contributed by atoms with Crippen molar-refractivity contribution in [2.24, 2.45) is 5.92 Å². The highest BCUT2D eigenvalue weighted by Crippen LogP contribution is 2.34. The number of fused-ring (bicyclic) bond motifs is 2. The zero-order valence-corrected chi connectivity index (χ0v) is 13.9. The molecule has 0 saturated heterocycles. The summed E-state index contributed by atoms with van der Waals surface area (Å²) in [4.78, 5) is 24.0. The quantitative estimate of drug-likeness (QED) is 0.764. The summed E-state index contributed by atoms with van der Waals surface area (Å²) in [5.41, 5.74) is 8.03. The fourth-order valence-electron chi connectivity index (χ4n) is 3.38. The van der Waals surface area contributed by atoms with Crippen LogP contribution in [-0.2, 0) is 4.79 Å². The van der Waals surface area contributed by atoms with Crippen molar-refractivity contribution >= 4 is 17.4 Å². The van der Waals surface area contributed by atoms with E-state index in [0.717, 1.165) is 31.3 Å². The SMILES string of the molecule is Nc1ccc2c(c1)OCC1CCCC/C1=C(C(=O)O)/C=C\C=C/C2=O. The molecule has 1 aromatic rings. The minimum Gasteiger partial charge on any atom is -0.492 e. The van der Waals surface area contributed by atoms with Crippen molar-refractivity contribution in [2.45, 2.75) is 25.7 Å². The number of carbonyl (C=O) groups excluding carboxylic acids is 1. The molecule has 1 atom stereocenters. The molecule has 0 bridgehead atoms. The normalized spacial score (nSPS) is 26.2. The maximum atomic E-state index is 12.4. The Labute approximate surface area is 146 Å². The van der Waals surface area contributed by atoms with Crippen molar-refractivity contribution in [3.63, 3.8) is 0 Å². The number of ether oxygens (including phenoxy) is 1. The zero-order chi connectivity index (χ0) is 17.8. The van der Waals surface area contributed by atoms with Crippen molar-refractivity contribution in [1.82, 2.24) is 0 Å². The van der Waals surface area contributed by atoms with Crippen molar-refractivity contribution in [3.05, 3.63) is 59.2 Å². The summed E-state index contributed by atoms with van der Waals surface area (Å²) in [6.07, 6.45) is 9.80. The molecule has 3 N–H and O–H groups in total. The molecule has 0 amide bonds. The van der Waals surface area contributed by atoms with Crippen molar-refractivity contribution in [3.8, 4) is 5.75 Å². The Balaban J connectivity index is 2.05. The Morgan fingerprint density at radius 3 is 2.80 bits per heavy atom. The number of nitrogen functional groups attached to an aromatic ring is 1. The lowest BCUT2D eigenvalue weighted by atomic mass is 9.81. The summed E-state index contributed by atoms with van der Waals surface area (Å²) < 4.78 is 5.92. The summed E-state index contributed by atoms with van der Waals surface area (Å²) in [7, 11) is 0. The van der Waals surface area contributed by atoms with Gasteiger partial charge in [0.05, 0.1) is 17.7 Å². The smallest absolute Gasteiger partial charge is 0.335 e. The number of rotatable bonds is 1. The van der Waals surface area contributed by atoms with Crippen LogP contribution in [0.1, 0.15) is 36.0 Å². The van der Waals surface area contributed by atoms with Crippen LogP contribution in [0.5, 0.6) is 5.75 Å². The first-order valence-electron chi connectivity index (χ1n) is 8.44. The second kappa shape index (κ2) is 7.38. The molecule has 1 aliphatic heterocycles. The van der Waals surface area contributed by atoms with Gasteiger partial charge in [0, 0.05) is 17.7 Å². The number of anilines is 1. The van der Waals surface area contributed by atoms with Gasteiger partial charge in [0.15, 0.2) is 5.78 Å². The van der Waals surface area contributed by atoms with Crippen molar-refractivity contribution < 1.29 is 19.4 Å². The Bertz CT molecular complexity index is 789. The van der Waals surface area contributed by atoms with E-state index in [9.17, 15) is 14.7 Å². The summed E-state index contributed by atoms with van der Waals surface area (Å²) in [5, 5.41) is 9.57. The maximum absolute atomic E-state index is 12.4. The molecule has 1 aromatic carbocycles. The number of hydrogen-bond acceptors (Lipinski definition) is 4. The first-order chi connectivity index (χ1) is 12.1. The first kappa shape index (κ1) is 17.0. The lowest BCUT2D eigenvalue weighted by Gasteiger charge is -2.27. The number of carboxylic acids is 1. The van der Waals surface area contributed by atoms with Gasteiger partial charge in [-0.2, -0.15) is 0 Å². The fraction of sp³-hybridized carbons (Fsp3) is 0.300. The van der Waals surface area contributed by atoms with Gasteiger partial charge in [0.1, 0.15) is 5.75 Å². The minimum absolute atomic E-state index is 0.0253. The molecule has 1 heterocycles. The maximum Gasteiger partial charge on any atom is 0.335 e. The number of benzene rings is 1. The number of carbonyl (C=O) groups is 2. The minimum atomic E-state index is -0.945. The van der Waals surface area contributed by atoms with Gasteiger partial charge in [-0.1, -0.05) is 18.6 Å². The van der Waals surface area contributed by atoms with Gasteiger partial charge in [0.2, 0.25) is 0 Å². The molecular formula is C20H21NO4. The molecule has 25 heavy (non-hydrogen) atoms. The van der Waals surface area contributed by atoms with Gasteiger partial charge in [0.25, 0.3) is 0 Å². The number of nitrogens with two attached hydrogens (primary N) is 1. The Kier molecular flexibility index (Phi) is 5.03. The van der Waals surface area contributed by atoms with Crippen LogP contribution in [0.15, 0.2) is 53.6 Å². The molecule has 0 spiro atoms. The van der Waals surface area contributed by atoms with E-state index in [2.05, 4.69) is 0 Å². The number of allylic oxidation sites excluding steroid dienone is 3. The average Bonchev–Trinajstić information content (AvgIpc) is 2.59. The predicted octanol–water partition coefficient (Wildman–Crippen LogP) is 3.53. The van der Waals surface area contributed by atoms with Crippen LogP contribution in [0.25, 0.3) is 0 Å². The largest absolute Gasteiger partial charge is 0.492 e. The van der Waals surface area contributed by atoms with E-state index in [1.807, 2.05) is 0 Å². The number of hydrogen-bond donors (Lipinski definition) is 2. The Hall–Kier alpha value is -2.82. The first-order valence-corrected chi connectivity index (χ1v) is 8.44. The lowest BCUT2D eigenvalue weighted by Crippen LogP contribution is -2.22. The van der Waals surface area contributed by atoms with Crippen molar-refractivity contribution in [2.75, 3.05) is 12.3 Å². The highest BCUT2D eigenvalue weighted by Gasteiger charge is 2.25. The summed E-state index contributed by atoms with van der Waals surface area (Å²) in [5.74, 6) is -0.678. The van der Waals surface area contributed by atoms with Crippen LogP contribution in [0.3, 0.4) is 0 Å². The monoisotopic (exact) mass is 339 g/mol. The number of carboxylic acid groups (broad SMARTS) is 1. The van der Waals surface area contributed by atoms with E-state index in [4.69, 9.17) is 10.5 Å². The topological polar surface area (TPSA) is 89.6 Å².